The molecular weight excluding hydrogens is 228 g/mol. The van der Waals surface area contributed by atoms with Gasteiger partial charge in [0, 0.05) is 18.8 Å². The Balaban J connectivity index is 2.25. The highest BCUT2D eigenvalue weighted by Crippen LogP contribution is 2.29. The fourth-order valence-corrected chi connectivity index (χ4v) is 2.22. The topological polar surface area (TPSA) is 49.4 Å². The maximum absolute atomic E-state index is 11.5. The van der Waals surface area contributed by atoms with E-state index in [2.05, 4.69) is 24.1 Å². The van der Waals surface area contributed by atoms with Crippen LogP contribution < -0.4 is 10.2 Å². The highest BCUT2D eigenvalue weighted by molar-refractivity contribution is 6.51. The van der Waals surface area contributed by atoms with Crippen molar-refractivity contribution in [1.82, 2.24) is 0 Å². The summed E-state index contributed by atoms with van der Waals surface area (Å²) < 4.78 is 0. The summed E-state index contributed by atoms with van der Waals surface area (Å²) in [6.45, 7) is 4.33. The van der Waals surface area contributed by atoms with E-state index in [0.717, 1.165) is 18.5 Å². The molecule has 2 rings (SSSR count). The normalized spacial score (nSPS) is 15.3. The van der Waals surface area contributed by atoms with Gasteiger partial charge in [0.05, 0.1) is 11.3 Å². The summed E-state index contributed by atoms with van der Waals surface area (Å²) >= 11 is 0. The molecular formula is C14H18N2O2. The van der Waals surface area contributed by atoms with Crippen LogP contribution in [0.5, 0.6) is 0 Å². The maximum atomic E-state index is 11.5. The Bertz CT molecular complexity index is 497. The number of anilines is 2. The summed E-state index contributed by atoms with van der Waals surface area (Å²) in [6.07, 6.45) is 2.24. The van der Waals surface area contributed by atoms with Crippen LogP contribution in [0.15, 0.2) is 18.2 Å². The van der Waals surface area contributed by atoms with E-state index in [1.54, 1.807) is 6.07 Å². The van der Waals surface area contributed by atoms with Crippen molar-refractivity contribution < 1.29 is 9.59 Å². The first-order chi connectivity index (χ1) is 8.54. The number of ketones is 1. The van der Waals surface area contributed by atoms with Gasteiger partial charge >= 0.3 is 0 Å². The summed E-state index contributed by atoms with van der Waals surface area (Å²) in [4.78, 5) is 24.9. The van der Waals surface area contributed by atoms with Gasteiger partial charge in [0.25, 0.3) is 11.7 Å². The van der Waals surface area contributed by atoms with Gasteiger partial charge in [-0.05, 0) is 31.5 Å². The number of rotatable bonds is 4. The Labute approximate surface area is 107 Å². The second kappa shape index (κ2) is 4.80. The lowest BCUT2D eigenvalue weighted by Crippen LogP contribution is -2.28. The van der Waals surface area contributed by atoms with Crippen LogP contribution in [0, 0.1) is 0 Å². The summed E-state index contributed by atoms with van der Waals surface area (Å²) in [5.41, 5.74) is 2.11. The molecule has 0 aromatic heterocycles. The number of benzene rings is 1. The molecule has 1 aliphatic heterocycles. The number of nitrogens with zero attached hydrogens (tertiary/aromatic N) is 1. The van der Waals surface area contributed by atoms with E-state index in [-0.39, 0.29) is 0 Å². The minimum absolute atomic E-state index is 0.431. The zero-order valence-corrected chi connectivity index (χ0v) is 11.0. The van der Waals surface area contributed by atoms with Crippen LogP contribution in [-0.2, 0) is 4.79 Å². The number of hydrogen-bond acceptors (Lipinski definition) is 3. The molecule has 18 heavy (non-hydrogen) atoms. The minimum Gasteiger partial charge on any atom is -0.372 e. The Morgan fingerprint density at radius 3 is 2.72 bits per heavy atom. The highest BCUT2D eigenvalue weighted by atomic mass is 16.2. The van der Waals surface area contributed by atoms with Gasteiger partial charge in [-0.1, -0.05) is 13.3 Å². The SMILES string of the molecule is CCCC(C)N(C)c1ccc2c(c1)NC(=O)C2=O. The van der Waals surface area contributed by atoms with E-state index in [1.807, 2.05) is 19.2 Å². The number of Topliss-reactive ketones (excluding diaryl/α,β-unsaturated/α-hetero) is 1. The van der Waals surface area contributed by atoms with Crippen LogP contribution in [0.3, 0.4) is 0 Å². The van der Waals surface area contributed by atoms with Crippen molar-refractivity contribution in [2.45, 2.75) is 32.7 Å². The van der Waals surface area contributed by atoms with Crippen molar-refractivity contribution in [2.75, 3.05) is 17.3 Å². The third-order valence-electron chi connectivity index (χ3n) is 3.48. The zero-order chi connectivity index (χ0) is 13.3. The molecule has 1 N–H and O–H groups in total. The monoisotopic (exact) mass is 246 g/mol. The smallest absolute Gasteiger partial charge is 0.296 e. The van der Waals surface area contributed by atoms with Crippen molar-refractivity contribution in [3.8, 4) is 0 Å². The summed E-state index contributed by atoms with van der Waals surface area (Å²) in [5.74, 6) is -0.979. The molecule has 1 aromatic carbocycles. The van der Waals surface area contributed by atoms with E-state index in [9.17, 15) is 9.59 Å². The van der Waals surface area contributed by atoms with Crippen molar-refractivity contribution in [3.05, 3.63) is 23.8 Å². The van der Waals surface area contributed by atoms with Gasteiger partial charge < -0.3 is 10.2 Å². The second-order valence-electron chi connectivity index (χ2n) is 4.76. The van der Waals surface area contributed by atoms with Crippen LogP contribution in [0.4, 0.5) is 11.4 Å². The van der Waals surface area contributed by atoms with Crippen LogP contribution in [0.1, 0.15) is 37.0 Å². The molecule has 0 saturated heterocycles. The van der Waals surface area contributed by atoms with E-state index in [0.29, 0.717) is 17.3 Å². The minimum atomic E-state index is -0.536. The first-order valence-electron chi connectivity index (χ1n) is 6.27. The lowest BCUT2D eigenvalue weighted by molar-refractivity contribution is -0.112. The third-order valence-corrected chi connectivity index (χ3v) is 3.48. The molecule has 1 aromatic rings. The predicted molar refractivity (Wildman–Crippen MR) is 72.2 cm³/mol. The van der Waals surface area contributed by atoms with Crippen molar-refractivity contribution in [1.29, 1.82) is 0 Å². The first kappa shape index (κ1) is 12.6. The third kappa shape index (κ3) is 2.10. The van der Waals surface area contributed by atoms with Crippen LogP contribution in [0.2, 0.25) is 0 Å². The standard InChI is InChI=1S/C14H18N2O2/c1-4-5-9(2)16(3)10-6-7-11-12(8-10)15-14(18)13(11)17/h6-9H,4-5H2,1-3H3,(H,15,17,18). The number of amides is 1. The Morgan fingerprint density at radius 2 is 2.06 bits per heavy atom. The largest absolute Gasteiger partial charge is 0.372 e. The van der Waals surface area contributed by atoms with Crippen LogP contribution >= 0.6 is 0 Å². The average Bonchev–Trinajstić information content (AvgIpc) is 2.64. The van der Waals surface area contributed by atoms with Crippen LogP contribution in [0.25, 0.3) is 0 Å². The van der Waals surface area contributed by atoms with Gasteiger partial charge in [0.15, 0.2) is 0 Å². The Hall–Kier alpha value is -1.84. The molecule has 0 saturated carbocycles. The van der Waals surface area contributed by atoms with Gasteiger partial charge in [-0.15, -0.1) is 0 Å². The lowest BCUT2D eigenvalue weighted by atomic mass is 10.1. The molecule has 1 atom stereocenters. The molecule has 0 fully saturated rings. The van der Waals surface area contributed by atoms with E-state index >= 15 is 0 Å². The summed E-state index contributed by atoms with van der Waals surface area (Å²) in [5, 5.41) is 2.60. The summed E-state index contributed by atoms with van der Waals surface area (Å²) in [6, 6.07) is 5.91. The quantitative estimate of drug-likeness (QED) is 0.830. The van der Waals surface area contributed by atoms with Crippen LogP contribution in [-0.4, -0.2) is 24.8 Å². The number of carbonyl (C=O) groups is 2. The Morgan fingerprint density at radius 1 is 1.33 bits per heavy atom. The lowest BCUT2D eigenvalue weighted by Gasteiger charge is -2.27. The number of fused-ring (bicyclic) bond motifs is 1. The van der Waals surface area contributed by atoms with Crippen molar-refractivity contribution in [2.24, 2.45) is 0 Å². The van der Waals surface area contributed by atoms with Gasteiger partial charge in [0.1, 0.15) is 0 Å². The molecule has 4 heteroatoms. The number of hydrogen-bond donors (Lipinski definition) is 1. The first-order valence-corrected chi connectivity index (χ1v) is 6.27. The van der Waals surface area contributed by atoms with E-state index in [4.69, 9.17) is 0 Å². The molecule has 0 aliphatic carbocycles. The number of carbonyl (C=O) groups excluding carboxylic acids is 2. The molecule has 0 bridgehead atoms. The van der Waals surface area contributed by atoms with Gasteiger partial charge in [-0.2, -0.15) is 0 Å². The van der Waals surface area contributed by atoms with Gasteiger partial charge in [-0.25, -0.2) is 0 Å². The van der Waals surface area contributed by atoms with E-state index < -0.39 is 11.7 Å². The van der Waals surface area contributed by atoms with Crippen molar-refractivity contribution in [3.63, 3.8) is 0 Å². The molecule has 1 heterocycles. The fraction of sp³-hybridized carbons (Fsp3) is 0.429. The average molecular weight is 246 g/mol. The zero-order valence-electron chi connectivity index (χ0n) is 11.0. The van der Waals surface area contributed by atoms with Gasteiger partial charge in [-0.3, -0.25) is 9.59 Å². The molecule has 96 valence electrons. The molecule has 1 unspecified atom stereocenters. The molecule has 0 spiro atoms. The molecule has 1 amide bonds. The van der Waals surface area contributed by atoms with Crippen molar-refractivity contribution >= 4 is 23.1 Å². The van der Waals surface area contributed by atoms with Gasteiger partial charge in [0.2, 0.25) is 0 Å². The van der Waals surface area contributed by atoms with E-state index in [1.165, 1.54) is 0 Å². The molecule has 0 radical (unpaired) electrons. The fourth-order valence-electron chi connectivity index (χ4n) is 2.22. The maximum Gasteiger partial charge on any atom is 0.296 e. The Kier molecular flexibility index (Phi) is 3.36. The predicted octanol–water partition coefficient (Wildman–Crippen LogP) is 2.45. The molecule has 4 nitrogen and oxygen atoms in total. The number of nitrogens with one attached hydrogen (secondary N) is 1. The molecule has 1 aliphatic rings. The highest BCUT2D eigenvalue weighted by Gasteiger charge is 2.28. The second-order valence-corrected chi connectivity index (χ2v) is 4.76. The summed E-state index contributed by atoms with van der Waals surface area (Å²) in [7, 11) is 2.03.